The van der Waals surface area contributed by atoms with E-state index in [9.17, 15) is 5.26 Å². The van der Waals surface area contributed by atoms with Crippen LogP contribution in [0.5, 0.6) is 5.75 Å². The Bertz CT molecular complexity index is 1220. The third-order valence-electron chi connectivity index (χ3n) is 4.62. The molecule has 4 aromatic rings. The molecule has 0 bridgehead atoms. The summed E-state index contributed by atoms with van der Waals surface area (Å²) in [6.45, 7) is 0. The van der Waals surface area contributed by atoms with E-state index in [1.807, 2.05) is 66.7 Å². The zero-order valence-electron chi connectivity index (χ0n) is 16.2. The molecule has 0 fully saturated rings. The number of ether oxygens (including phenoxy) is 1. The average Bonchev–Trinajstić information content (AvgIpc) is 3.18. The molecule has 0 N–H and O–H groups in total. The highest BCUT2D eigenvalue weighted by atomic mass is 35.5. The standard InChI is InChI=1S/C25H17ClN2O2/c1-29-21-13-9-18(10-14-21)23-22(15-27)25(28-16-17-7-11-20(26)12-8-17)30-24(23)19-5-3-2-4-6-19/h2-14,16H,1H3. The van der Waals surface area contributed by atoms with Gasteiger partial charge in [0.1, 0.15) is 23.1 Å². The molecule has 0 amide bonds. The number of nitriles is 1. The fraction of sp³-hybridized carbons (Fsp3) is 0.0400. The lowest BCUT2D eigenvalue weighted by molar-refractivity contribution is 0.415. The van der Waals surface area contributed by atoms with Gasteiger partial charge in [0.25, 0.3) is 0 Å². The minimum Gasteiger partial charge on any atom is -0.497 e. The maximum Gasteiger partial charge on any atom is 0.238 e. The summed E-state index contributed by atoms with van der Waals surface area (Å²) in [5, 5.41) is 10.6. The van der Waals surface area contributed by atoms with Crippen molar-refractivity contribution in [1.82, 2.24) is 0 Å². The Hall–Kier alpha value is -3.81. The molecule has 0 radical (unpaired) electrons. The predicted molar refractivity (Wildman–Crippen MR) is 120 cm³/mol. The molecule has 0 aliphatic heterocycles. The molecule has 3 aromatic carbocycles. The van der Waals surface area contributed by atoms with Crippen molar-refractivity contribution in [3.8, 4) is 34.3 Å². The Balaban J connectivity index is 1.86. The second-order valence-electron chi connectivity index (χ2n) is 6.50. The van der Waals surface area contributed by atoms with Crippen LogP contribution in [-0.4, -0.2) is 13.3 Å². The van der Waals surface area contributed by atoms with Crippen LogP contribution in [0.4, 0.5) is 5.88 Å². The summed E-state index contributed by atoms with van der Waals surface area (Å²) >= 11 is 5.94. The van der Waals surface area contributed by atoms with Crippen LogP contribution < -0.4 is 4.74 Å². The summed E-state index contributed by atoms with van der Waals surface area (Å²) < 4.78 is 11.4. The van der Waals surface area contributed by atoms with E-state index in [1.54, 1.807) is 25.5 Å². The molecular formula is C25H17ClN2O2. The van der Waals surface area contributed by atoms with Crippen molar-refractivity contribution in [2.24, 2.45) is 4.99 Å². The van der Waals surface area contributed by atoms with Gasteiger partial charge >= 0.3 is 0 Å². The molecule has 0 unspecified atom stereocenters. The molecule has 1 aromatic heterocycles. The number of methoxy groups -OCH3 is 1. The van der Waals surface area contributed by atoms with Gasteiger partial charge in [-0.05, 0) is 35.4 Å². The van der Waals surface area contributed by atoms with Crippen LogP contribution in [0, 0.1) is 11.3 Å². The molecule has 4 rings (SSSR count). The van der Waals surface area contributed by atoms with E-state index in [0.717, 1.165) is 22.4 Å². The topological polar surface area (TPSA) is 58.5 Å². The molecule has 1 heterocycles. The minimum absolute atomic E-state index is 0.261. The highest BCUT2D eigenvalue weighted by Crippen LogP contribution is 2.42. The molecule has 5 heteroatoms. The molecule has 0 spiro atoms. The molecule has 146 valence electrons. The number of nitrogens with zero attached hydrogens (tertiary/aromatic N) is 2. The molecular weight excluding hydrogens is 396 g/mol. The Morgan fingerprint density at radius 3 is 2.27 bits per heavy atom. The molecule has 30 heavy (non-hydrogen) atoms. The molecule has 0 aliphatic rings. The van der Waals surface area contributed by atoms with Gasteiger partial charge < -0.3 is 9.15 Å². The second-order valence-corrected chi connectivity index (χ2v) is 6.94. The molecule has 0 saturated heterocycles. The molecule has 0 atom stereocenters. The van der Waals surface area contributed by atoms with Crippen molar-refractivity contribution < 1.29 is 9.15 Å². The third kappa shape index (κ3) is 3.98. The first-order valence-electron chi connectivity index (χ1n) is 9.26. The summed E-state index contributed by atoms with van der Waals surface area (Å²) in [4.78, 5) is 4.46. The third-order valence-corrected chi connectivity index (χ3v) is 4.87. The molecule has 4 nitrogen and oxygen atoms in total. The van der Waals surface area contributed by atoms with Crippen LogP contribution in [0.25, 0.3) is 22.5 Å². The van der Waals surface area contributed by atoms with Gasteiger partial charge in [0.15, 0.2) is 0 Å². The summed E-state index contributed by atoms with van der Waals surface area (Å²) in [6, 6.07) is 26.7. The quantitative estimate of drug-likeness (QED) is 0.335. The SMILES string of the molecule is COc1ccc(-c2c(-c3ccccc3)oc(N=Cc3ccc(Cl)cc3)c2C#N)cc1. The second kappa shape index (κ2) is 8.69. The van der Waals surface area contributed by atoms with Crippen LogP contribution in [0.1, 0.15) is 11.1 Å². The smallest absolute Gasteiger partial charge is 0.238 e. The van der Waals surface area contributed by atoms with Crippen LogP contribution in [0.15, 0.2) is 88.3 Å². The van der Waals surface area contributed by atoms with Crippen molar-refractivity contribution in [2.75, 3.05) is 7.11 Å². The van der Waals surface area contributed by atoms with Crippen LogP contribution in [0.2, 0.25) is 5.02 Å². The summed E-state index contributed by atoms with van der Waals surface area (Å²) in [6.07, 6.45) is 1.66. The Kier molecular flexibility index (Phi) is 5.65. The van der Waals surface area contributed by atoms with Crippen molar-refractivity contribution in [3.05, 3.63) is 95.0 Å². The zero-order chi connectivity index (χ0) is 20.9. The Morgan fingerprint density at radius 1 is 0.933 bits per heavy atom. The summed E-state index contributed by atoms with van der Waals surface area (Å²) in [5.74, 6) is 1.60. The van der Waals surface area contributed by atoms with E-state index < -0.39 is 0 Å². The van der Waals surface area contributed by atoms with E-state index in [4.69, 9.17) is 20.8 Å². The van der Waals surface area contributed by atoms with Crippen molar-refractivity contribution in [2.45, 2.75) is 0 Å². The molecule has 0 saturated carbocycles. The van der Waals surface area contributed by atoms with E-state index in [2.05, 4.69) is 11.1 Å². The fourth-order valence-corrected chi connectivity index (χ4v) is 3.25. The highest BCUT2D eigenvalue weighted by Gasteiger charge is 2.22. The van der Waals surface area contributed by atoms with Gasteiger partial charge in [-0.3, -0.25) is 0 Å². The van der Waals surface area contributed by atoms with Gasteiger partial charge in [-0.1, -0.05) is 66.2 Å². The minimum atomic E-state index is 0.261. The normalized spacial score (nSPS) is 10.8. The van der Waals surface area contributed by atoms with Gasteiger partial charge in [0, 0.05) is 22.4 Å². The number of rotatable bonds is 5. The van der Waals surface area contributed by atoms with Crippen LogP contribution >= 0.6 is 11.6 Å². The largest absolute Gasteiger partial charge is 0.497 e. The maximum absolute atomic E-state index is 9.93. The lowest BCUT2D eigenvalue weighted by Gasteiger charge is -2.05. The van der Waals surface area contributed by atoms with Gasteiger partial charge in [-0.15, -0.1) is 0 Å². The first-order valence-corrected chi connectivity index (χ1v) is 9.64. The summed E-state index contributed by atoms with van der Waals surface area (Å²) in [5.41, 5.74) is 3.65. The number of hydrogen-bond donors (Lipinski definition) is 0. The predicted octanol–water partition coefficient (Wildman–Crippen LogP) is 6.90. The van der Waals surface area contributed by atoms with Gasteiger partial charge in [0.05, 0.1) is 7.11 Å². The average molecular weight is 413 g/mol. The highest BCUT2D eigenvalue weighted by molar-refractivity contribution is 6.30. The monoisotopic (exact) mass is 412 g/mol. The van der Waals surface area contributed by atoms with E-state index in [0.29, 0.717) is 21.9 Å². The Morgan fingerprint density at radius 2 is 1.63 bits per heavy atom. The Labute approximate surface area is 179 Å². The zero-order valence-corrected chi connectivity index (χ0v) is 16.9. The first kappa shape index (κ1) is 19.5. The molecule has 0 aliphatic carbocycles. The van der Waals surface area contributed by atoms with Crippen LogP contribution in [0.3, 0.4) is 0 Å². The van der Waals surface area contributed by atoms with E-state index in [-0.39, 0.29) is 5.88 Å². The first-order chi connectivity index (χ1) is 14.7. The number of halogens is 1. The number of furan rings is 1. The van der Waals surface area contributed by atoms with Crippen molar-refractivity contribution in [3.63, 3.8) is 0 Å². The lowest BCUT2D eigenvalue weighted by atomic mass is 9.98. The van der Waals surface area contributed by atoms with Gasteiger partial charge in [-0.2, -0.15) is 5.26 Å². The van der Waals surface area contributed by atoms with Gasteiger partial charge in [0.2, 0.25) is 5.88 Å². The van der Waals surface area contributed by atoms with Gasteiger partial charge in [-0.25, -0.2) is 4.99 Å². The van der Waals surface area contributed by atoms with Crippen LogP contribution in [-0.2, 0) is 0 Å². The maximum atomic E-state index is 9.93. The number of benzene rings is 3. The fourth-order valence-electron chi connectivity index (χ4n) is 3.12. The number of aliphatic imine (C=N–C) groups is 1. The lowest BCUT2D eigenvalue weighted by Crippen LogP contribution is -1.86. The summed E-state index contributed by atoms with van der Waals surface area (Å²) in [7, 11) is 1.62. The van der Waals surface area contributed by atoms with E-state index >= 15 is 0 Å². The number of hydrogen-bond acceptors (Lipinski definition) is 4. The van der Waals surface area contributed by atoms with E-state index in [1.165, 1.54) is 0 Å². The van der Waals surface area contributed by atoms with Crippen molar-refractivity contribution >= 4 is 23.7 Å². The van der Waals surface area contributed by atoms with Crippen molar-refractivity contribution in [1.29, 1.82) is 5.26 Å².